The van der Waals surface area contributed by atoms with Crippen LogP contribution in [0.5, 0.6) is 0 Å². The van der Waals surface area contributed by atoms with Crippen molar-refractivity contribution >= 4 is 40.8 Å². The second-order valence-electron chi connectivity index (χ2n) is 4.96. The van der Waals surface area contributed by atoms with Gasteiger partial charge in [-0.1, -0.05) is 42.8 Å². The molecule has 0 bridgehead atoms. The molecule has 2 N–H and O–H groups in total. The van der Waals surface area contributed by atoms with Gasteiger partial charge < -0.3 is 10.0 Å². The summed E-state index contributed by atoms with van der Waals surface area (Å²) in [7, 11) is 0. The van der Waals surface area contributed by atoms with E-state index in [9.17, 15) is 9.18 Å². The summed E-state index contributed by atoms with van der Waals surface area (Å²) < 4.78 is 16.5. The van der Waals surface area contributed by atoms with Crippen LogP contribution in [0.1, 0.15) is 13.8 Å². The van der Waals surface area contributed by atoms with E-state index in [-0.39, 0.29) is 11.1 Å². The lowest BCUT2D eigenvalue weighted by Gasteiger charge is -2.10. The maximum absolute atomic E-state index is 13.5. The first kappa shape index (κ1) is 20.1. The molecule has 0 saturated heterocycles. The monoisotopic (exact) mass is 366 g/mol. The number of halogens is 2. The van der Waals surface area contributed by atoms with E-state index in [4.69, 9.17) is 11.6 Å². The van der Waals surface area contributed by atoms with E-state index < -0.39 is 11.7 Å². The van der Waals surface area contributed by atoms with Crippen LogP contribution < -0.4 is 10.0 Å². The zero-order chi connectivity index (χ0) is 18.3. The van der Waals surface area contributed by atoms with Crippen LogP contribution in [0.15, 0.2) is 66.1 Å². The van der Waals surface area contributed by atoms with E-state index in [1.54, 1.807) is 32.0 Å². The van der Waals surface area contributed by atoms with Crippen LogP contribution in [0.25, 0.3) is 0 Å². The SMILES string of the molecule is C=C(/C=C(\C)C(=C)/C(F)=C\C)C(=O)Nc1cc(Cl)cc(NSC)c1. The van der Waals surface area contributed by atoms with Crippen LogP contribution in [-0.2, 0) is 4.79 Å². The van der Waals surface area contributed by atoms with E-state index in [1.807, 2.05) is 6.26 Å². The molecule has 3 nitrogen and oxygen atoms in total. The smallest absolute Gasteiger partial charge is 0.255 e. The molecule has 0 atom stereocenters. The highest BCUT2D eigenvalue weighted by atomic mass is 35.5. The fourth-order valence-corrected chi connectivity index (χ4v) is 2.42. The van der Waals surface area contributed by atoms with Gasteiger partial charge in [-0.3, -0.25) is 4.79 Å². The molecule has 0 saturated carbocycles. The molecule has 0 unspecified atom stereocenters. The summed E-state index contributed by atoms with van der Waals surface area (Å²) in [5.41, 5.74) is 2.25. The Kier molecular flexibility index (Phi) is 7.82. The normalized spacial score (nSPS) is 11.9. The standard InChI is InChI=1S/C18H20ClFN2OS/c1-6-17(20)13(4)11(2)7-12(3)18(23)21-15-8-14(19)9-16(10-15)22-24-5/h6-10,22H,3-4H2,1-2,5H3,(H,21,23)/b11-7+,17-6+. The van der Waals surface area contributed by atoms with Crippen molar-refractivity contribution in [2.24, 2.45) is 0 Å². The van der Waals surface area contributed by atoms with Crippen LogP contribution in [0, 0.1) is 0 Å². The first-order chi connectivity index (χ1) is 11.3. The number of carbonyl (C=O) groups is 1. The largest absolute Gasteiger partial charge is 0.330 e. The number of allylic oxidation sites excluding steroid dienone is 4. The van der Waals surface area contributed by atoms with Crippen molar-refractivity contribution in [2.45, 2.75) is 13.8 Å². The molecule has 0 spiro atoms. The molecule has 0 radical (unpaired) electrons. The van der Waals surface area contributed by atoms with Crippen molar-refractivity contribution in [1.29, 1.82) is 0 Å². The van der Waals surface area contributed by atoms with E-state index in [0.717, 1.165) is 5.69 Å². The molecule has 0 aliphatic carbocycles. The molecule has 0 heterocycles. The van der Waals surface area contributed by atoms with Crippen LogP contribution in [0.3, 0.4) is 0 Å². The lowest BCUT2D eigenvalue weighted by Crippen LogP contribution is -2.13. The van der Waals surface area contributed by atoms with Crippen LogP contribution >= 0.6 is 23.5 Å². The fraction of sp³-hybridized carbons (Fsp3) is 0.167. The summed E-state index contributed by atoms with van der Waals surface area (Å²) in [6.07, 6.45) is 4.69. The number of carbonyl (C=O) groups excluding carboxylic acids is 1. The zero-order valence-electron chi connectivity index (χ0n) is 13.9. The summed E-state index contributed by atoms with van der Waals surface area (Å²) in [6, 6.07) is 5.13. The minimum absolute atomic E-state index is 0.192. The Morgan fingerprint density at radius 2 is 1.92 bits per heavy atom. The maximum Gasteiger partial charge on any atom is 0.255 e. The highest BCUT2D eigenvalue weighted by molar-refractivity contribution is 7.99. The minimum Gasteiger partial charge on any atom is -0.330 e. The molecule has 0 aromatic heterocycles. The van der Waals surface area contributed by atoms with E-state index in [0.29, 0.717) is 16.3 Å². The quantitative estimate of drug-likeness (QED) is 0.358. The molecule has 24 heavy (non-hydrogen) atoms. The van der Waals surface area contributed by atoms with Crippen LogP contribution in [0.4, 0.5) is 15.8 Å². The van der Waals surface area contributed by atoms with Crippen LogP contribution in [-0.4, -0.2) is 12.2 Å². The van der Waals surface area contributed by atoms with E-state index in [2.05, 4.69) is 23.2 Å². The lowest BCUT2D eigenvalue weighted by molar-refractivity contribution is -0.112. The average molecular weight is 367 g/mol. The summed E-state index contributed by atoms with van der Waals surface area (Å²) in [6.45, 7) is 10.6. The van der Waals surface area contributed by atoms with Gasteiger partial charge in [0.1, 0.15) is 5.83 Å². The number of benzene rings is 1. The molecular formula is C18H20ClFN2OS. The number of anilines is 2. The Morgan fingerprint density at radius 3 is 2.50 bits per heavy atom. The third-order valence-electron chi connectivity index (χ3n) is 3.08. The first-order valence-electron chi connectivity index (χ1n) is 7.08. The molecule has 1 rings (SSSR count). The van der Waals surface area contributed by atoms with Gasteiger partial charge in [0.2, 0.25) is 0 Å². The molecule has 1 aromatic rings. The Morgan fingerprint density at radius 1 is 1.29 bits per heavy atom. The van der Waals surface area contributed by atoms with Gasteiger partial charge in [0, 0.05) is 33.8 Å². The number of hydrogen-bond donors (Lipinski definition) is 2. The Labute approximate surface area is 151 Å². The Hall–Kier alpha value is -1.98. The summed E-state index contributed by atoms with van der Waals surface area (Å²) >= 11 is 7.45. The first-order valence-corrected chi connectivity index (χ1v) is 8.68. The Balaban J connectivity index is 2.88. The third kappa shape index (κ3) is 5.91. The second kappa shape index (κ2) is 9.35. The third-order valence-corrected chi connectivity index (χ3v) is 3.73. The predicted molar refractivity (Wildman–Crippen MR) is 104 cm³/mol. The van der Waals surface area contributed by atoms with Gasteiger partial charge in [-0.15, -0.1) is 0 Å². The topological polar surface area (TPSA) is 41.1 Å². The van der Waals surface area contributed by atoms with Crippen molar-refractivity contribution in [2.75, 3.05) is 16.3 Å². The molecule has 0 aliphatic heterocycles. The van der Waals surface area contributed by atoms with Crippen molar-refractivity contribution in [3.05, 3.63) is 71.1 Å². The number of rotatable bonds is 7. The highest BCUT2D eigenvalue weighted by Gasteiger charge is 2.09. The van der Waals surface area contributed by atoms with Gasteiger partial charge in [-0.2, -0.15) is 0 Å². The van der Waals surface area contributed by atoms with Crippen LogP contribution in [0.2, 0.25) is 5.02 Å². The van der Waals surface area contributed by atoms with Gasteiger partial charge in [0.25, 0.3) is 5.91 Å². The summed E-state index contributed by atoms with van der Waals surface area (Å²) in [4.78, 5) is 12.2. The van der Waals surface area contributed by atoms with Crippen molar-refractivity contribution in [3.63, 3.8) is 0 Å². The van der Waals surface area contributed by atoms with E-state index in [1.165, 1.54) is 24.1 Å². The molecule has 6 heteroatoms. The minimum atomic E-state index is -0.431. The van der Waals surface area contributed by atoms with Crippen molar-refractivity contribution in [3.8, 4) is 0 Å². The number of nitrogens with one attached hydrogen (secondary N) is 2. The molecule has 1 aromatic carbocycles. The van der Waals surface area contributed by atoms with Gasteiger partial charge in [0.05, 0.1) is 0 Å². The summed E-state index contributed by atoms with van der Waals surface area (Å²) in [5, 5.41) is 3.20. The average Bonchev–Trinajstić information content (AvgIpc) is 2.52. The van der Waals surface area contributed by atoms with Crippen molar-refractivity contribution < 1.29 is 9.18 Å². The number of hydrogen-bond acceptors (Lipinski definition) is 3. The number of amides is 1. The van der Waals surface area contributed by atoms with E-state index >= 15 is 0 Å². The molecule has 1 amide bonds. The van der Waals surface area contributed by atoms with Gasteiger partial charge in [0.15, 0.2) is 0 Å². The van der Waals surface area contributed by atoms with Gasteiger partial charge in [-0.25, -0.2) is 4.39 Å². The Bertz CT molecular complexity index is 726. The maximum atomic E-state index is 13.5. The lowest BCUT2D eigenvalue weighted by atomic mass is 10.1. The van der Waals surface area contributed by atoms with Crippen molar-refractivity contribution in [1.82, 2.24) is 0 Å². The zero-order valence-corrected chi connectivity index (χ0v) is 15.4. The fourth-order valence-electron chi connectivity index (χ4n) is 1.83. The molecule has 128 valence electrons. The molecule has 0 fully saturated rings. The van der Waals surface area contributed by atoms with Gasteiger partial charge in [-0.05, 0) is 43.7 Å². The highest BCUT2D eigenvalue weighted by Crippen LogP contribution is 2.25. The predicted octanol–water partition coefficient (Wildman–Crippen LogP) is 5.90. The van der Waals surface area contributed by atoms with Gasteiger partial charge >= 0.3 is 0 Å². The second-order valence-corrected chi connectivity index (χ2v) is 6.01. The molecule has 0 aliphatic rings. The summed E-state index contributed by atoms with van der Waals surface area (Å²) in [5.74, 6) is -0.833. The molecular weight excluding hydrogens is 347 g/mol.